The van der Waals surface area contributed by atoms with Gasteiger partial charge in [-0.25, -0.2) is 0 Å². The SMILES string of the molecule is N#Cc1ccc(NC(=O)[C@@H]2CCCNC2)c(C(F)(F)F)c1. The average molecular weight is 297 g/mol. The van der Waals surface area contributed by atoms with Gasteiger partial charge in [-0.05, 0) is 37.6 Å². The third kappa shape index (κ3) is 3.73. The second-order valence-corrected chi connectivity index (χ2v) is 4.90. The van der Waals surface area contributed by atoms with Crippen molar-refractivity contribution >= 4 is 11.6 Å². The molecular formula is C14H14F3N3O. The van der Waals surface area contributed by atoms with Gasteiger partial charge in [0.25, 0.3) is 0 Å². The zero-order chi connectivity index (χ0) is 15.5. The number of amides is 1. The Morgan fingerprint density at radius 2 is 2.19 bits per heavy atom. The highest BCUT2D eigenvalue weighted by molar-refractivity contribution is 5.93. The van der Waals surface area contributed by atoms with E-state index in [0.29, 0.717) is 13.0 Å². The number of hydrogen-bond donors (Lipinski definition) is 2. The molecule has 2 N–H and O–H groups in total. The van der Waals surface area contributed by atoms with E-state index in [2.05, 4.69) is 10.6 Å². The first-order valence-electron chi connectivity index (χ1n) is 6.54. The minimum absolute atomic E-state index is 0.0975. The van der Waals surface area contributed by atoms with E-state index in [1.807, 2.05) is 0 Å². The van der Waals surface area contributed by atoms with Gasteiger partial charge < -0.3 is 10.6 Å². The van der Waals surface area contributed by atoms with Gasteiger partial charge in [-0.15, -0.1) is 0 Å². The highest BCUT2D eigenvalue weighted by Crippen LogP contribution is 2.35. The number of carbonyl (C=O) groups excluding carboxylic acids is 1. The van der Waals surface area contributed by atoms with E-state index in [-0.39, 0.29) is 17.2 Å². The largest absolute Gasteiger partial charge is 0.418 e. The maximum atomic E-state index is 13.0. The summed E-state index contributed by atoms with van der Waals surface area (Å²) in [4.78, 5) is 12.0. The van der Waals surface area contributed by atoms with E-state index >= 15 is 0 Å². The predicted octanol–water partition coefficient (Wildman–Crippen LogP) is 2.52. The molecule has 112 valence electrons. The highest BCUT2D eigenvalue weighted by Gasteiger charge is 2.35. The lowest BCUT2D eigenvalue weighted by molar-refractivity contribution is -0.137. The Labute approximate surface area is 119 Å². The smallest absolute Gasteiger partial charge is 0.325 e. The van der Waals surface area contributed by atoms with Crippen LogP contribution in [0.4, 0.5) is 18.9 Å². The number of carbonyl (C=O) groups is 1. The normalized spacial score (nSPS) is 18.9. The summed E-state index contributed by atoms with van der Waals surface area (Å²) < 4.78 is 39.0. The third-order valence-corrected chi connectivity index (χ3v) is 3.38. The van der Waals surface area contributed by atoms with Crippen LogP contribution in [0.2, 0.25) is 0 Å². The molecule has 1 amide bonds. The van der Waals surface area contributed by atoms with Crippen molar-refractivity contribution in [2.75, 3.05) is 18.4 Å². The molecule has 21 heavy (non-hydrogen) atoms. The van der Waals surface area contributed by atoms with Gasteiger partial charge in [0.2, 0.25) is 5.91 Å². The molecular weight excluding hydrogens is 283 g/mol. The molecule has 0 spiro atoms. The average Bonchev–Trinajstić information content (AvgIpc) is 2.47. The molecule has 0 bridgehead atoms. The first-order chi connectivity index (χ1) is 9.91. The third-order valence-electron chi connectivity index (χ3n) is 3.38. The maximum absolute atomic E-state index is 13.0. The molecule has 1 aliphatic rings. The van der Waals surface area contributed by atoms with Crippen LogP contribution in [-0.2, 0) is 11.0 Å². The van der Waals surface area contributed by atoms with Gasteiger partial charge >= 0.3 is 6.18 Å². The fourth-order valence-electron chi connectivity index (χ4n) is 2.27. The summed E-state index contributed by atoms with van der Waals surface area (Å²) in [6, 6.07) is 4.78. The Morgan fingerprint density at radius 3 is 2.76 bits per heavy atom. The van der Waals surface area contributed by atoms with Crippen LogP contribution in [0.15, 0.2) is 18.2 Å². The molecule has 1 saturated heterocycles. The number of alkyl halides is 3. The first-order valence-corrected chi connectivity index (χ1v) is 6.54. The molecule has 1 atom stereocenters. The van der Waals surface area contributed by atoms with Crippen molar-refractivity contribution in [2.45, 2.75) is 19.0 Å². The number of hydrogen-bond acceptors (Lipinski definition) is 3. The predicted molar refractivity (Wildman–Crippen MR) is 70.4 cm³/mol. The standard InChI is InChI=1S/C14H14F3N3O/c15-14(16,17)11-6-9(7-18)3-4-12(11)20-13(21)10-2-1-5-19-8-10/h3-4,6,10,19H,1-2,5,8H2,(H,20,21)/t10-/m1/s1. The Balaban J connectivity index is 2.23. The van der Waals surface area contributed by atoms with Crippen LogP contribution in [0.1, 0.15) is 24.0 Å². The van der Waals surface area contributed by atoms with E-state index in [9.17, 15) is 18.0 Å². The molecule has 0 aliphatic carbocycles. The molecule has 2 rings (SSSR count). The summed E-state index contributed by atoms with van der Waals surface area (Å²) in [5.74, 6) is -0.770. The molecule has 0 radical (unpaired) electrons. The van der Waals surface area contributed by atoms with E-state index in [0.717, 1.165) is 25.1 Å². The topological polar surface area (TPSA) is 64.9 Å². The maximum Gasteiger partial charge on any atom is 0.418 e. The van der Waals surface area contributed by atoms with E-state index in [1.54, 1.807) is 6.07 Å². The minimum atomic E-state index is -4.62. The molecule has 0 aromatic heterocycles. The molecule has 0 unspecified atom stereocenters. The summed E-state index contributed by atoms with van der Waals surface area (Å²) in [5.41, 5.74) is -1.41. The van der Waals surface area contributed by atoms with Crippen molar-refractivity contribution in [3.63, 3.8) is 0 Å². The summed E-state index contributed by atoms with van der Waals surface area (Å²) in [5, 5.41) is 14.1. The van der Waals surface area contributed by atoms with Crippen molar-refractivity contribution in [1.82, 2.24) is 5.32 Å². The van der Waals surface area contributed by atoms with Crippen molar-refractivity contribution in [3.8, 4) is 6.07 Å². The van der Waals surface area contributed by atoms with Gasteiger partial charge in [0.05, 0.1) is 28.8 Å². The van der Waals surface area contributed by atoms with Gasteiger partial charge in [0.1, 0.15) is 0 Å². The van der Waals surface area contributed by atoms with Gasteiger partial charge in [-0.3, -0.25) is 4.79 Å². The summed E-state index contributed by atoms with van der Waals surface area (Å²) in [6.07, 6.45) is -3.16. The Morgan fingerprint density at radius 1 is 1.43 bits per heavy atom. The molecule has 1 aromatic carbocycles. The van der Waals surface area contributed by atoms with Crippen LogP contribution in [0.25, 0.3) is 0 Å². The summed E-state index contributed by atoms with van der Waals surface area (Å²) >= 11 is 0. The van der Waals surface area contributed by atoms with Crippen LogP contribution in [0.3, 0.4) is 0 Å². The number of rotatable bonds is 2. The highest BCUT2D eigenvalue weighted by atomic mass is 19.4. The number of benzene rings is 1. The molecule has 0 saturated carbocycles. The van der Waals surface area contributed by atoms with Crippen LogP contribution < -0.4 is 10.6 Å². The second kappa shape index (κ2) is 6.14. The Bertz CT molecular complexity index is 572. The second-order valence-electron chi connectivity index (χ2n) is 4.90. The lowest BCUT2D eigenvalue weighted by Crippen LogP contribution is -2.37. The van der Waals surface area contributed by atoms with Gasteiger partial charge in [0.15, 0.2) is 0 Å². The minimum Gasteiger partial charge on any atom is -0.325 e. The van der Waals surface area contributed by atoms with E-state index in [1.165, 1.54) is 6.07 Å². The zero-order valence-corrected chi connectivity index (χ0v) is 11.1. The number of piperidine rings is 1. The lowest BCUT2D eigenvalue weighted by atomic mass is 9.98. The van der Waals surface area contributed by atoms with Crippen molar-refractivity contribution in [3.05, 3.63) is 29.3 Å². The van der Waals surface area contributed by atoms with Gasteiger partial charge in [-0.2, -0.15) is 18.4 Å². The van der Waals surface area contributed by atoms with Crippen molar-refractivity contribution < 1.29 is 18.0 Å². The fraction of sp³-hybridized carbons (Fsp3) is 0.429. The Kier molecular flexibility index (Phi) is 4.48. The molecule has 7 heteroatoms. The molecule has 1 aliphatic heterocycles. The van der Waals surface area contributed by atoms with E-state index in [4.69, 9.17) is 5.26 Å². The van der Waals surface area contributed by atoms with Crippen molar-refractivity contribution in [1.29, 1.82) is 5.26 Å². The Hall–Kier alpha value is -2.07. The van der Waals surface area contributed by atoms with Gasteiger partial charge in [-0.1, -0.05) is 0 Å². The summed E-state index contributed by atoms with van der Waals surface area (Å²) in [7, 11) is 0. The monoisotopic (exact) mass is 297 g/mol. The van der Waals surface area contributed by atoms with Crippen LogP contribution in [0, 0.1) is 17.2 Å². The van der Waals surface area contributed by atoms with Crippen molar-refractivity contribution in [2.24, 2.45) is 5.92 Å². The number of anilines is 1. The fourth-order valence-corrected chi connectivity index (χ4v) is 2.27. The molecule has 1 fully saturated rings. The van der Waals surface area contributed by atoms with Crippen LogP contribution in [-0.4, -0.2) is 19.0 Å². The first kappa shape index (κ1) is 15.3. The lowest BCUT2D eigenvalue weighted by Gasteiger charge is -2.23. The van der Waals surface area contributed by atoms with Crippen LogP contribution >= 0.6 is 0 Å². The zero-order valence-electron chi connectivity index (χ0n) is 11.1. The molecule has 1 heterocycles. The van der Waals surface area contributed by atoms with Crippen LogP contribution in [0.5, 0.6) is 0 Å². The molecule has 4 nitrogen and oxygen atoms in total. The number of nitriles is 1. The number of halogens is 3. The number of nitrogens with one attached hydrogen (secondary N) is 2. The van der Waals surface area contributed by atoms with E-state index < -0.39 is 17.6 Å². The number of nitrogens with zero attached hydrogens (tertiary/aromatic N) is 1. The quantitative estimate of drug-likeness (QED) is 0.881. The molecule has 1 aromatic rings. The van der Waals surface area contributed by atoms with Gasteiger partial charge in [0, 0.05) is 6.54 Å². The summed E-state index contributed by atoms with van der Waals surface area (Å²) in [6.45, 7) is 1.28.